The summed E-state index contributed by atoms with van der Waals surface area (Å²) in [5, 5.41) is 3.78. The summed E-state index contributed by atoms with van der Waals surface area (Å²) in [5.41, 5.74) is 1.96. The van der Waals surface area contributed by atoms with Crippen LogP contribution in [0.4, 0.5) is 4.39 Å². The van der Waals surface area contributed by atoms with E-state index in [9.17, 15) is 9.18 Å². The molecule has 1 atom stereocenters. The number of carbonyl (C=O) groups is 1. The van der Waals surface area contributed by atoms with Crippen LogP contribution in [-0.4, -0.2) is 36.0 Å². The van der Waals surface area contributed by atoms with Crippen LogP contribution in [0.25, 0.3) is 0 Å². The Bertz CT molecular complexity index is 837. The van der Waals surface area contributed by atoms with Crippen molar-refractivity contribution >= 4 is 17.5 Å². The van der Waals surface area contributed by atoms with Crippen LogP contribution >= 0.6 is 11.6 Å². The maximum Gasteiger partial charge on any atom is 0.261 e. The SMILES string of the molecule is O=C(NC1CCN(Cc2cccc(F)c2)CC1)[C@@H]1Cc2cc(Cl)ccc2O1. The van der Waals surface area contributed by atoms with Crippen molar-refractivity contribution in [2.45, 2.75) is 38.0 Å². The number of nitrogens with one attached hydrogen (secondary N) is 1. The van der Waals surface area contributed by atoms with E-state index in [1.165, 1.54) is 6.07 Å². The molecule has 0 saturated carbocycles. The number of fused-ring (bicyclic) bond motifs is 1. The first kappa shape index (κ1) is 18.3. The molecule has 2 aliphatic heterocycles. The van der Waals surface area contributed by atoms with E-state index in [0.29, 0.717) is 11.4 Å². The molecule has 0 aromatic heterocycles. The van der Waals surface area contributed by atoms with E-state index in [1.54, 1.807) is 18.2 Å². The van der Waals surface area contributed by atoms with Gasteiger partial charge in [-0.25, -0.2) is 4.39 Å². The fraction of sp³-hybridized carbons (Fsp3) is 0.381. The van der Waals surface area contributed by atoms with E-state index in [4.69, 9.17) is 16.3 Å². The van der Waals surface area contributed by atoms with Crippen LogP contribution in [0.5, 0.6) is 5.75 Å². The highest BCUT2D eigenvalue weighted by atomic mass is 35.5. The van der Waals surface area contributed by atoms with Crippen molar-refractivity contribution in [2.75, 3.05) is 13.1 Å². The molecule has 0 radical (unpaired) electrons. The molecule has 0 unspecified atom stereocenters. The van der Waals surface area contributed by atoms with Gasteiger partial charge >= 0.3 is 0 Å². The van der Waals surface area contributed by atoms with E-state index < -0.39 is 6.10 Å². The van der Waals surface area contributed by atoms with E-state index in [-0.39, 0.29) is 17.8 Å². The molecule has 1 N–H and O–H groups in total. The van der Waals surface area contributed by atoms with Gasteiger partial charge in [0.25, 0.3) is 5.91 Å². The second-order valence-corrected chi connectivity index (χ2v) is 7.69. The maximum atomic E-state index is 13.3. The molecular formula is C21H22ClFN2O2. The molecule has 6 heteroatoms. The zero-order chi connectivity index (χ0) is 18.8. The van der Waals surface area contributed by atoms with Gasteiger partial charge in [-0.15, -0.1) is 0 Å². The molecule has 2 heterocycles. The third kappa shape index (κ3) is 4.42. The molecule has 0 aliphatic carbocycles. The van der Waals surface area contributed by atoms with Gasteiger partial charge in [-0.05, 0) is 54.3 Å². The minimum atomic E-state index is -0.483. The molecule has 1 amide bonds. The summed E-state index contributed by atoms with van der Waals surface area (Å²) in [4.78, 5) is 14.8. The fourth-order valence-corrected chi connectivity index (χ4v) is 3.98. The predicted octanol–water partition coefficient (Wildman–Crippen LogP) is 3.56. The second kappa shape index (κ2) is 7.87. The van der Waals surface area contributed by atoms with E-state index in [0.717, 1.165) is 49.4 Å². The van der Waals surface area contributed by atoms with Gasteiger partial charge in [0.05, 0.1) is 0 Å². The fourth-order valence-electron chi connectivity index (χ4n) is 3.79. The number of rotatable bonds is 4. The molecule has 2 aromatic carbocycles. The van der Waals surface area contributed by atoms with Gasteiger partial charge in [-0.3, -0.25) is 9.69 Å². The van der Waals surface area contributed by atoms with Gasteiger partial charge in [0.2, 0.25) is 0 Å². The lowest BCUT2D eigenvalue weighted by Crippen LogP contribution is -2.48. The summed E-state index contributed by atoms with van der Waals surface area (Å²) in [6.07, 6.45) is 1.84. The Hall–Kier alpha value is -2.11. The zero-order valence-corrected chi connectivity index (χ0v) is 15.7. The van der Waals surface area contributed by atoms with Crippen molar-refractivity contribution < 1.29 is 13.9 Å². The molecule has 0 bridgehead atoms. The molecule has 0 spiro atoms. The van der Waals surface area contributed by atoms with Crippen LogP contribution < -0.4 is 10.1 Å². The minimum Gasteiger partial charge on any atom is -0.480 e. The van der Waals surface area contributed by atoms with Gasteiger partial charge in [0.15, 0.2) is 6.10 Å². The summed E-state index contributed by atoms with van der Waals surface area (Å²) in [7, 11) is 0. The average molecular weight is 389 g/mol. The number of hydrogen-bond acceptors (Lipinski definition) is 3. The smallest absolute Gasteiger partial charge is 0.261 e. The van der Waals surface area contributed by atoms with Gasteiger partial charge in [0.1, 0.15) is 11.6 Å². The normalized spacial score (nSPS) is 20.1. The highest BCUT2D eigenvalue weighted by Gasteiger charge is 2.31. The topological polar surface area (TPSA) is 41.6 Å². The van der Waals surface area contributed by atoms with Gasteiger partial charge in [-0.1, -0.05) is 23.7 Å². The van der Waals surface area contributed by atoms with Crippen LogP contribution in [0.2, 0.25) is 5.02 Å². The molecule has 2 aliphatic rings. The van der Waals surface area contributed by atoms with Gasteiger partial charge in [-0.2, -0.15) is 0 Å². The zero-order valence-electron chi connectivity index (χ0n) is 15.0. The summed E-state index contributed by atoms with van der Waals surface area (Å²) in [6, 6.07) is 12.3. The lowest BCUT2D eigenvalue weighted by molar-refractivity contribution is -0.128. The lowest BCUT2D eigenvalue weighted by Gasteiger charge is -2.32. The molecule has 4 nitrogen and oxygen atoms in total. The Morgan fingerprint density at radius 2 is 2.04 bits per heavy atom. The van der Waals surface area contributed by atoms with Crippen molar-refractivity contribution in [3.8, 4) is 5.75 Å². The Labute approximate surface area is 163 Å². The summed E-state index contributed by atoms with van der Waals surface area (Å²) < 4.78 is 19.1. The molecule has 2 aromatic rings. The summed E-state index contributed by atoms with van der Waals surface area (Å²) in [5.74, 6) is 0.476. The number of benzene rings is 2. The van der Waals surface area contributed by atoms with Gasteiger partial charge in [0, 0.05) is 37.1 Å². The van der Waals surface area contributed by atoms with E-state index >= 15 is 0 Å². The van der Waals surface area contributed by atoms with Crippen molar-refractivity contribution in [3.63, 3.8) is 0 Å². The number of hydrogen-bond donors (Lipinski definition) is 1. The number of carbonyl (C=O) groups excluding carboxylic acids is 1. The molecular weight excluding hydrogens is 367 g/mol. The van der Waals surface area contributed by atoms with Crippen LogP contribution in [0, 0.1) is 5.82 Å². The second-order valence-electron chi connectivity index (χ2n) is 7.25. The first-order valence-electron chi connectivity index (χ1n) is 9.29. The number of nitrogens with zero attached hydrogens (tertiary/aromatic N) is 1. The molecule has 4 rings (SSSR count). The molecule has 1 saturated heterocycles. The number of ether oxygens (including phenoxy) is 1. The summed E-state index contributed by atoms with van der Waals surface area (Å²) >= 11 is 6.01. The number of likely N-dealkylation sites (tertiary alicyclic amines) is 1. The van der Waals surface area contributed by atoms with Crippen molar-refractivity contribution in [2.24, 2.45) is 0 Å². The Morgan fingerprint density at radius 1 is 1.22 bits per heavy atom. The first-order valence-corrected chi connectivity index (χ1v) is 9.67. The minimum absolute atomic E-state index is 0.0640. The van der Waals surface area contributed by atoms with Crippen LogP contribution in [-0.2, 0) is 17.8 Å². The van der Waals surface area contributed by atoms with Crippen molar-refractivity contribution in [1.29, 1.82) is 0 Å². The lowest BCUT2D eigenvalue weighted by atomic mass is 10.0. The standard InChI is InChI=1S/C21H22ClFN2O2/c22-16-4-5-19-15(11-16)12-20(27-19)21(26)24-18-6-8-25(9-7-18)13-14-2-1-3-17(23)10-14/h1-5,10-11,18,20H,6-9,12-13H2,(H,24,26)/t20-/m0/s1. The molecule has 1 fully saturated rings. The van der Waals surface area contributed by atoms with Crippen LogP contribution in [0.15, 0.2) is 42.5 Å². The number of piperidine rings is 1. The Morgan fingerprint density at radius 3 is 2.81 bits per heavy atom. The van der Waals surface area contributed by atoms with Crippen molar-refractivity contribution in [3.05, 3.63) is 64.4 Å². The number of amides is 1. The maximum absolute atomic E-state index is 13.3. The quantitative estimate of drug-likeness (QED) is 0.870. The highest BCUT2D eigenvalue weighted by Crippen LogP contribution is 2.31. The van der Waals surface area contributed by atoms with E-state index in [1.807, 2.05) is 18.2 Å². The first-order chi connectivity index (χ1) is 13.1. The Balaban J connectivity index is 1.25. The Kier molecular flexibility index (Phi) is 5.32. The van der Waals surface area contributed by atoms with Crippen LogP contribution in [0.3, 0.4) is 0 Å². The van der Waals surface area contributed by atoms with Gasteiger partial charge < -0.3 is 10.1 Å². The largest absolute Gasteiger partial charge is 0.480 e. The molecule has 142 valence electrons. The third-order valence-electron chi connectivity index (χ3n) is 5.22. The van der Waals surface area contributed by atoms with E-state index in [2.05, 4.69) is 10.2 Å². The van der Waals surface area contributed by atoms with Crippen LogP contribution in [0.1, 0.15) is 24.0 Å². The monoisotopic (exact) mass is 388 g/mol. The predicted molar refractivity (Wildman–Crippen MR) is 102 cm³/mol. The highest BCUT2D eigenvalue weighted by molar-refractivity contribution is 6.30. The number of halogens is 2. The van der Waals surface area contributed by atoms with Crippen molar-refractivity contribution in [1.82, 2.24) is 10.2 Å². The average Bonchev–Trinajstić information content (AvgIpc) is 3.07. The summed E-state index contributed by atoms with van der Waals surface area (Å²) in [6.45, 7) is 2.49. The molecule has 27 heavy (non-hydrogen) atoms. The third-order valence-corrected chi connectivity index (χ3v) is 5.45.